The molecule has 1 aromatic heterocycles. The maximum absolute atomic E-state index is 5.35. The number of ether oxygens (including phenoxy) is 1. The summed E-state index contributed by atoms with van der Waals surface area (Å²) >= 11 is 0. The number of hydrogen-bond donors (Lipinski definition) is 0. The van der Waals surface area contributed by atoms with Crippen molar-refractivity contribution in [2.75, 3.05) is 18.6 Å². The van der Waals surface area contributed by atoms with E-state index in [1.54, 1.807) is 7.11 Å². The molecule has 0 saturated carbocycles. The van der Waals surface area contributed by atoms with Crippen LogP contribution in [-0.2, 0) is 0 Å². The number of fused-ring (bicyclic) bond motifs is 1. The predicted molar refractivity (Wildman–Crippen MR) is 109 cm³/mol. The third kappa shape index (κ3) is 3.26. The van der Waals surface area contributed by atoms with Gasteiger partial charge in [-0.2, -0.15) is 0 Å². The minimum absolute atomic E-state index is 0.629. The summed E-state index contributed by atoms with van der Waals surface area (Å²) in [6, 6.07) is 19.7. The molecule has 2 heterocycles. The van der Waals surface area contributed by atoms with Gasteiger partial charge in [0.15, 0.2) is 0 Å². The van der Waals surface area contributed by atoms with Crippen molar-refractivity contribution >= 4 is 16.7 Å². The number of aromatic nitrogens is 1. The fourth-order valence-electron chi connectivity index (χ4n) is 3.98. The van der Waals surface area contributed by atoms with E-state index >= 15 is 0 Å². The van der Waals surface area contributed by atoms with Crippen molar-refractivity contribution in [1.82, 2.24) is 4.98 Å². The number of anilines is 1. The standard InChI is InChI=1S/C23H26N2O/c1-3-20-8-4-5-14-25(20)23-13-11-19-15-18(10-12-22(19)24-23)17-7-6-9-21(16-17)26-2/h6-7,9-13,15-16,20H,3-5,8,14H2,1-2H3. The minimum atomic E-state index is 0.629. The lowest BCUT2D eigenvalue weighted by atomic mass is 9.99. The van der Waals surface area contributed by atoms with Crippen LogP contribution in [0.4, 0.5) is 5.82 Å². The minimum Gasteiger partial charge on any atom is -0.497 e. The van der Waals surface area contributed by atoms with E-state index in [1.807, 2.05) is 12.1 Å². The molecule has 26 heavy (non-hydrogen) atoms. The van der Waals surface area contributed by atoms with E-state index in [9.17, 15) is 0 Å². The van der Waals surface area contributed by atoms with Crippen LogP contribution in [-0.4, -0.2) is 24.7 Å². The molecule has 2 aromatic carbocycles. The van der Waals surface area contributed by atoms with E-state index < -0.39 is 0 Å². The van der Waals surface area contributed by atoms with Crippen LogP contribution in [0.2, 0.25) is 0 Å². The highest BCUT2D eigenvalue weighted by molar-refractivity contribution is 5.86. The molecule has 0 amide bonds. The van der Waals surface area contributed by atoms with E-state index in [0.717, 1.165) is 29.2 Å². The number of benzene rings is 2. The van der Waals surface area contributed by atoms with Crippen molar-refractivity contribution in [3.05, 3.63) is 54.6 Å². The predicted octanol–water partition coefficient (Wildman–Crippen LogP) is 5.68. The van der Waals surface area contributed by atoms with Crippen LogP contribution in [0.3, 0.4) is 0 Å². The van der Waals surface area contributed by atoms with Gasteiger partial charge in [-0.15, -0.1) is 0 Å². The Labute approximate surface area is 155 Å². The van der Waals surface area contributed by atoms with Gasteiger partial charge < -0.3 is 9.64 Å². The maximum Gasteiger partial charge on any atom is 0.129 e. The zero-order valence-electron chi connectivity index (χ0n) is 15.6. The van der Waals surface area contributed by atoms with E-state index in [0.29, 0.717) is 6.04 Å². The average molecular weight is 346 g/mol. The van der Waals surface area contributed by atoms with Gasteiger partial charge in [-0.25, -0.2) is 4.98 Å². The third-order valence-electron chi connectivity index (χ3n) is 5.47. The van der Waals surface area contributed by atoms with Crippen molar-refractivity contribution < 1.29 is 4.74 Å². The Kier molecular flexibility index (Phi) is 4.79. The number of nitrogens with zero attached hydrogens (tertiary/aromatic N) is 2. The summed E-state index contributed by atoms with van der Waals surface area (Å²) in [6.07, 6.45) is 5.08. The van der Waals surface area contributed by atoms with Crippen LogP contribution in [0.25, 0.3) is 22.0 Å². The lowest BCUT2D eigenvalue weighted by Crippen LogP contribution is -2.39. The first-order chi connectivity index (χ1) is 12.8. The van der Waals surface area contributed by atoms with Crippen LogP contribution in [0.5, 0.6) is 5.75 Å². The molecule has 0 aliphatic carbocycles. The molecule has 0 radical (unpaired) electrons. The average Bonchev–Trinajstić information content (AvgIpc) is 2.73. The first-order valence-electron chi connectivity index (χ1n) is 9.60. The number of piperidine rings is 1. The third-order valence-corrected chi connectivity index (χ3v) is 5.47. The normalized spacial score (nSPS) is 17.5. The van der Waals surface area contributed by atoms with Gasteiger partial charge in [0.05, 0.1) is 12.6 Å². The molecule has 0 N–H and O–H groups in total. The Balaban J connectivity index is 1.68. The van der Waals surface area contributed by atoms with E-state index in [2.05, 4.69) is 54.3 Å². The topological polar surface area (TPSA) is 25.4 Å². The molecule has 1 aliphatic rings. The fourth-order valence-corrected chi connectivity index (χ4v) is 3.98. The van der Waals surface area contributed by atoms with Gasteiger partial charge in [-0.3, -0.25) is 0 Å². The molecule has 134 valence electrons. The summed E-state index contributed by atoms with van der Waals surface area (Å²) in [5.41, 5.74) is 3.42. The van der Waals surface area contributed by atoms with Crippen molar-refractivity contribution in [3.63, 3.8) is 0 Å². The summed E-state index contributed by atoms with van der Waals surface area (Å²) < 4.78 is 5.35. The lowest BCUT2D eigenvalue weighted by Gasteiger charge is -2.36. The van der Waals surface area contributed by atoms with Crippen LogP contribution >= 0.6 is 0 Å². The smallest absolute Gasteiger partial charge is 0.129 e. The van der Waals surface area contributed by atoms with Gasteiger partial charge >= 0.3 is 0 Å². The molecule has 1 unspecified atom stereocenters. The second-order valence-electron chi connectivity index (χ2n) is 7.06. The Bertz CT molecular complexity index is 906. The van der Waals surface area contributed by atoms with Gasteiger partial charge in [0.25, 0.3) is 0 Å². The van der Waals surface area contributed by atoms with Gasteiger partial charge in [0.2, 0.25) is 0 Å². The zero-order valence-corrected chi connectivity index (χ0v) is 15.6. The number of pyridine rings is 1. The van der Waals surface area contributed by atoms with E-state index in [-0.39, 0.29) is 0 Å². The number of rotatable bonds is 4. The second kappa shape index (κ2) is 7.36. The highest BCUT2D eigenvalue weighted by Crippen LogP contribution is 2.30. The highest BCUT2D eigenvalue weighted by Gasteiger charge is 2.22. The molecule has 3 aromatic rings. The quantitative estimate of drug-likeness (QED) is 0.608. The fraction of sp³-hybridized carbons (Fsp3) is 0.348. The summed E-state index contributed by atoms with van der Waals surface area (Å²) in [6.45, 7) is 3.41. The molecule has 0 spiro atoms. The van der Waals surface area contributed by atoms with Crippen LogP contribution in [0.1, 0.15) is 32.6 Å². The summed E-state index contributed by atoms with van der Waals surface area (Å²) in [4.78, 5) is 7.47. The van der Waals surface area contributed by atoms with Crippen LogP contribution in [0.15, 0.2) is 54.6 Å². The van der Waals surface area contributed by atoms with Crippen molar-refractivity contribution in [2.45, 2.75) is 38.6 Å². The molecule has 3 nitrogen and oxygen atoms in total. The Morgan fingerprint density at radius 3 is 2.77 bits per heavy atom. The number of methoxy groups -OCH3 is 1. The summed E-state index contributed by atoms with van der Waals surface area (Å²) in [7, 11) is 1.70. The Morgan fingerprint density at radius 1 is 1.04 bits per heavy atom. The van der Waals surface area contributed by atoms with Crippen molar-refractivity contribution in [3.8, 4) is 16.9 Å². The summed E-state index contributed by atoms with van der Waals surface area (Å²) in [5.74, 6) is 2.00. The van der Waals surface area contributed by atoms with E-state index in [1.165, 1.54) is 36.6 Å². The van der Waals surface area contributed by atoms with Crippen LogP contribution in [0, 0.1) is 0 Å². The van der Waals surface area contributed by atoms with Gasteiger partial charge in [0.1, 0.15) is 11.6 Å². The Hall–Kier alpha value is -2.55. The lowest BCUT2D eigenvalue weighted by molar-refractivity contribution is 0.415. The monoisotopic (exact) mass is 346 g/mol. The Morgan fingerprint density at radius 2 is 1.92 bits per heavy atom. The molecule has 4 rings (SSSR count). The first kappa shape index (κ1) is 16.9. The molecule has 3 heteroatoms. The molecule has 1 fully saturated rings. The summed E-state index contributed by atoms with van der Waals surface area (Å²) in [5, 5.41) is 1.18. The molecule has 1 saturated heterocycles. The van der Waals surface area contributed by atoms with Crippen molar-refractivity contribution in [2.24, 2.45) is 0 Å². The van der Waals surface area contributed by atoms with Gasteiger partial charge in [-0.1, -0.05) is 25.1 Å². The van der Waals surface area contributed by atoms with Gasteiger partial charge in [0, 0.05) is 18.0 Å². The van der Waals surface area contributed by atoms with E-state index in [4.69, 9.17) is 9.72 Å². The maximum atomic E-state index is 5.35. The van der Waals surface area contributed by atoms with Gasteiger partial charge in [-0.05, 0) is 73.2 Å². The zero-order chi connectivity index (χ0) is 17.9. The number of hydrogen-bond acceptors (Lipinski definition) is 3. The molecule has 0 bridgehead atoms. The molecule has 1 atom stereocenters. The molecular weight excluding hydrogens is 320 g/mol. The van der Waals surface area contributed by atoms with Crippen molar-refractivity contribution in [1.29, 1.82) is 0 Å². The SMILES string of the molecule is CCC1CCCCN1c1ccc2cc(-c3cccc(OC)c3)ccc2n1. The second-order valence-corrected chi connectivity index (χ2v) is 7.06. The van der Waals surface area contributed by atoms with Crippen LogP contribution < -0.4 is 9.64 Å². The first-order valence-corrected chi connectivity index (χ1v) is 9.60. The largest absolute Gasteiger partial charge is 0.497 e. The molecule has 1 aliphatic heterocycles. The molecular formula is C23H26N2O. The highest BCUT2D eigenvalue weighted by atomic mass is 16.5.